The van der Waals surface area contributed by atoms with Crippen molar-refractivity contribution in [1.82, 2.24) is 19.0 Å². The molecule has 2 aromatic carbocycles. The van der Waals surface area contributed by atoms with E-state index in [0.717, 1.165) is 48.9 Å². The summed E-state index contributed by atoms with van der Waals surface area (Å²) in [6.07, 6.45) is 8.45. The topological polar surface area (TPSA) is 75.5 Å². The number of carbonyl (C=O) groups is 1. The molecule has 5 rings (SSSR count). The second-order valence-electron chi connectivity index (χ2n) is 9.39. The van der Waals surface area contributed by atoms with E-state index < -0.39 is 10.0 Å². The van der Waals surface area contributed by atoms with Gasteiger partial charge in [-0.05, 0) is 49.6 Å². The van der Waals surface area contributed by atoms with E-state index in [1.165, 1.54) is 11.8 Å². The largest absolute Gasteiger partial charge is 0.293 e. The third kappa shape index (κ3) is 5.49. The molecule has 7 nitrogen and oxygen atoms in total. The maximum Gasteiger partial charge on any atom is 0.266 e. The van der Waals surface area contributed by atoms with E-state index >= 15 is 0 Å². The average Bonchev–Trinajstić information content (AvgIpc) is 3.48. The van der Waals surface area contributed by atoms with Gasteiger partial charge in [0.25, 0.3) is 5.91 Å². The average molecular weight is 567 g/mol. The van der Waals surface area contributed by atoms with Crippen LogP contribution in [0.2, 0.25) is 0 Å². The second kappa shape index (κ2) is 11.5. The lowest BCUT2D eigenvalue weighted by Crippen LogP contribution is -2.35. The first-order valence-corrected chi connectivity index (χ1v) is 15.6. The molecule has 38 heavy (non-hydrogen) atoms. The van der Waals surface area contributed by atoms with Gasteiger partial charge >= 0.3 is 0 Å². The Morgan fingerprint density at radius 3 is 2.42 bits per heavy atom. The molecule has 0 bridgehead atoms. The van der Waals surface area contributed by atoms with Gasteiger partial charge in [-0.15, -0.1) is 0 Å². The van der Waals surface area contributed by atoms with Gasteiger partial charge in [-0.25, -0.2) is 13.1 Å². The highest BCUT2D eigenvalue weighted by Crippen LogP contribution is 2.35. The highest BCUT2D eigenvalue weighted by molar-refractivity contribution is 8.26. The fraction of sp³-hybridized carbons (Fsp3) is 0.321. The van der Waals surface area contributed by atoms with Crippen LogP contribution < -0.4 is 0 Å². The summed E-state index contributed by atoms with van der Waals surface area (Å²) in [6.45, 7) is 3.82. The molecular weight excluding hydrogens is 537 g/mol. The fourth-order valence-corrected chi connectivity index (χ4v) is 7.44. The Hall–Kier alpha value is -2.79. The number of hydrogen-bond donors (Lipinski definition) is 0. The zero-order valence-electron chi connectivity index (χ0n) is 21.2. The molecule has 0 radical (unpaired) electrons. The number of unbranched alkanes of at least 4 members (excludes halogenated alkanes) is 1. The van der Waals surface area contributed by atoms with Crippen molar-refractivity contribution in [2.45, 2.75) is 43.9 Å². The van der Waals surface area contributed by atoms with Crippen LogP contribution in [0.15, 0.2) is 70.6 Å². The van der Waals surface area contributed by atoms with Gasteiger partial charge < -0.3 is 0 Å². The van der Waals surface area contributed by atoms with Gasteiger partial charge in [0.15, 0.2) is 0 Å². The summed E-state index contributed by atoms with van der Waals surface area (Å²) in [4.78, 5) is 15.6. The standard InChI is InChI=1S/C28H30N4O3S3/c1-2-3-18-31-27(33)25(37-28(31)36)19-22-20-32(23-10-6-4-7-11-23)29-26(22)21-12-14-24(15-13-21)38(34,35)30-16-8-5-9-17-30/h4,6-7,10-15,19-20H,2-3,5,8-9,16-18H2,1H3/b25-19-. The minimum atomic E-state index is -3.53. The Bertz CT molecular complexity index is 1460. The predicted octanol–water partition coefficient (Wildman–Crippen LogP) is 5.72. The SMILES string of the molecule is CCCCN1C(=O)/C(=C/c2cn(-c3ccccc3)nc2-c2ccc(S(=O)(=O)N3CCCCC3)cc2)SC1=S. The lowest BCUT2D eigenvalue weighted by atomic mass is 10.1. The Morgan fingerprint density at radius 2 is 1.74 bits per heavy atom. The summed E-state index contributed by atoms with van der Waals surface area (Å²) in [5.41, 5.74) is 3.07. The monoisotopic (exact) mass is 566 g/mol. The number of piperidine rings is 1. The van der Waals surface area contributed by atoms with Gasteiger partial charge in [-0.2, -0.15) is 9.40 Å². The summed E-state index contributed by atoms with van der Waals surface area (Å²) in [5.74, 6) is -0.0881. The molecule has 10 heteroatoms. The lowest BCUT2D eigenvalue weighted by molar-refractivity contribution is -0.122. The second-order valence-corrected chi connectivity index (χ2v) is 13.0. The van der Waals surface area contributed by atoms with E-state index in [2.05, 4.69) is 6.92 Å². The van der Waals surface area contributed by atoms with Gasteiger partial charge in [0.05, 0.1) is 21.2 Å². The fourth-order valence-electron chi connectivity index (χ4n) is 4.62. The first-order valence-electron chi connectivity index (χ1n) is 12.9. The van der Waals surface area contributed by atoms with Crippen LogP contribution in [0.4, 0.5) is 0 Å². The number of thiocarbonyl (C=S) groups is 1. The summed E-state index contributed by atoms with van der Waals surface area (Å²) < 4.78 is 30.2. The van der Waals surface area contributed by atoms with E-state index in [0.29, 0.717) is 34.6 Å². The van der Waals surface area contributed by atoms with Crippen molar-refractivity contribution in [3.8, 4) is 16.9 Å². The van der Waals surface area contributed by atoms with Crippen molar-refractivity contribution in [1.29, 1.82) is 0 Å². The number of nitrogens with zero attached hydrogens (tertiary/aromatic N) is 4. The summed E-state index contributed by atoms with van der Waals surface area (Å²) >= 11 is 6.79. The number of hydrogen-bond acceptors (Lipinski definition) is 6. The maximum absolute atomic E-state index is 13.1. The number of amides is 1. The normalized spacial score (nSPS) is 18.0. The van der Waals surface area contributed by atoms with Crippen molar-refractivity contribution < 1.29 is 13.2 Å². The molecular formula is C28H30N4O3S3. The van der Waals surface area contributed by atoms with E-state index in [9.17, 15) is 13.2 Å². The molecule has 0 N–H and O–H groups in total. The van der Waals surface area contributed by atoms with Crippen molar-refractivity contribution in [2.24, 2.45) is 0 Å². The molecule has 0 atom stereocenters. The number of carbonyl (C=O) groups excluding carboxylic acids is 1. The predicted molar refractivity (Wildman–Crippen MR) is 156 cm³/mol. The molecule has 3 aromatic rings. The molecule has 2 aliphatic heterocycles. The van der Waals surface area contributed by atoms with Crippen LogP contribution in [0.3, 0.4) is 0 Å². The van der Waals surface area contributed by atoms with E-state index in [1.54, 1.807) is 38.2 Å². The molecule has 1 amide bonds. The summed E-state index contributed by atoms with van der Waals surface area (Å²) in [6, 6.07) is 16.6. The summed E-state index contributed by atoms with van der Waals surface area (Å²) in [5, 5.41) is 4.83. The quantitative estimate of drug-likeness (QED) is 0.257. The number of sulfonamides is 1. The van der Waals surface area contributed by atoms with Crippen LogP contribution >= 0.6 is 24.0 Å². The molecule has 1 aromatic heterocycles. The molecule has 2 saturated heterocycles. The number of para-hydroxylation sites is 1. The Labute approximate surface area is 233 Å². The Balaban J connectivity index is 1.51. The molecule has 0 aliphatic carbocycles. The van der Waals surface area contributed by atoms with Gasteiger partial charge in [0.2, 0.25) is 10.0 Å². The Morgan fingerprint density at radius 1 is 1.03 bits per heavy atom. The van der Waals surface area contributed by atoms with Crippen molar-refractivity contribution in [3.63, 3.8) is 0 Å². The molecule has 0 spiro atoms. The van der Waals surface area contributed by atoms with Crippen molar-refractivity contribution in [2.75, 3.05) is 19.6 Å². The van der Waals surface area contributed by atoms with Crippen LogP contribution in [-0.4, -0.2) is 57.3 Å². The molecule has 3 heterocycles. The minimum absolute atomic E-state index is 0.0881. The van der Waals surface area contributed by atoms with E-state index in [4.69, 9.17) is 17.3 Å². The molecule has 2 aliphatic rings. The number of rotatable bonds is 8. The van der Waals surface area contributed by atoms with E-state index in [1.807, 2.05) is 42.6 Å². The molecule has 2 fully saturated rings. The van der Waals surface area contributed by atoms with Crippen LogP contribution in [0, 0.1) is 0 Å². The third-order valence-corrected chi connectivity index (χ3v) is 10.0. The van der Waals surface area contributed by atoms with Gasteiger partial charge in [-0.3, -0.25) is 9.69 Å². The van der Waals surface area contributed by atoms with Crippen molar-refractivity contribution >= 4 is 50.3 Å². The smallest absolute Gasteiger partial charge is 0.266 e. The minimum Gasteiger partial charge on any atom is -0.293 e. The van der Waals surface area contributed by atoms with Crippen LogP contribution in [-0.2, 0) is 14.8 Å². The van der Waals surface area contributed by atoms with Crippen LogP contribution in [0.25, 0.3) is 23.0 Å². The van der Waals surface area contributed by atoms with Crippen molar-refractivity contribution in [3.05, 3.63) is 71.3 Å². The molecule has 198 valence electrons. The number of aromatic nitrogens is 2. The zero-order chi connectivity index (χ0) is 26.7. The molecule has 0 unspecified atom stereocenters. The lowest BCUT2D eigenvalue weighted by Gasteiger charge is -2.25. The van der Waals surface area contributed by atoms with E-state index in [-0.39, 0.29) is 10.8 Å². The van der Waals surface area contributed by atoms with Gasteiger partial charge in [0.1, 0.15) is 4.32 Å². The highest BCUT2D eigenvalue weighted by atomic mass is 32.2. The number of benzene rings is 2. The third-order valence-electron chi connectivity index (χ3n) is 6.74. The highest BCUT2D eigenvalue weighted by Gasteiger charge is 2.32. The first-order chi connectivity index (χ1) is 18.4. The van der Waals surface area contributed by atoms with Crippen LogP contribution in [0.1, 0.15) is 44.6 Å². The van der Waals surface area contributed by atoms with Gasteiger partial charge in [0, 0.05) is 37.0 Å². The summed E-state index contributed by atoms with van der Waals surface area (Å²) in [7, 11) is -3.53. The zero-order valence-corrected chi connectivity index (χ0v) is 23.7. The first kappa shape index (κ1) is 26.8. The Kier molecular flexibility index (Phi) is 8.13. The van der Waals surface area contributed by atoms with Crippen LogP contribution in [0.5, 0.6) is 0 Å². The molecule has 0 saturated carbocycles. The maximum atomic E-state index is 13.1. The number of thioether (sulfide) groups is 1. The van der Waals surface area contributed by atoms with Gasteiger partial charge in [-0.1, -0.05) is 74.1 Å².